The maximum absolute atomic E-state index is 9.89. The van der Waals surface area contributed by atoms with Gasteiger partial charge < -0.3 is 19.4 Å². The molecule has 2 heterocycles. The first-order valence-corrected chi connectivity index (χ1v) is 22.5. The molecule has 0 unspecified atom stereocenters. The van der Waals surface area contributed by atoms with E-state index in [0.29, 0.717) is 5.57 Å². The van der Waals surface area contributed by atoms with Gasteiger partial charge in [0.2, 0.25) is 0 Å². The summed E-state index contributed by atoms with van der Waals surface area (Å²) in [6, 6.07) is 36.9. The molecule has 1 aliphatic rings. The smallest absolute Gasteiger partial charge is 0.172 e. The van der Waals surface area contributed by atoms with Gasteiger partial charge in [-0.05, 0) is 130 Å². The van der Waals surface area contributed by atoms with E-state index in [2.05, 4.69) is 139 Å². The highest BCUT2D eigenvalue weighted by Crippen LogP contribution is 2.41. The van der Waals surface area contributed by atoms with E-state index >= 15 is 0 Å². The Morgan fingerprint density at radius 3 is 1.37 bits per heavy atom. The minimum absolute atomic E-state index is 0.0470. The highest BCUT2D eigenvalue weighted by molar-refractivity contribution is 7.13. The summed E-state index contributed by atoms with van der Waals surface area (Å²) in [6.45, 7) is 17.0. The van der Waals surface area contributed by atoms with Gasteiger partial charge in [-0.15, -0.1) is 11.3 Å². The third-order valence-electron chi connectivity index (χ3n) is 10.8. The van der Waals surface area contributed by atoms with Crippen LogP contribution in [0.15, 0.2) is 113 Å². The number of ether oxygens (including phenoxy) is 1. The summed E-state index contributed by atoms with van der Waals surface area (Å²) >= 11 is 1.63. The minimum Gasteiger partial charge on any atom is -0.480 e. The highest BCUT2D eigenvalue weighted by atomic mass is 32.1. The molecule has 0 fully saturated rings. The van der Waals surface area contributed by atoms with Crippen LogP contribution >= 0.6 is 11.3 Å². The number of thiophene rings is 1. The molecule has 8 heteroatoms. The lowest BCUT2D eigenvalue weighted by atomic mass is 9.94. The van der Waals surface area contributed by atoms with Crippen LogP contribution in [-0.2, 0) is 4.74 Å². The van der Waals surface area contributed by atoms with Crippen LogP contribution in [0.2, 0.25) is 0 Å². The number of rotatable bonds is 21. The second kappa shape index (κ2) is 22.4. The van der Waals surface area contributed by atoms with Crippen molar-refractivity contribution < 1.29 is 4.74 Å². The number of anilines is 5. The summed E-state index contributed by atoms with van der Waals surface area (Å²) in [5.41, 5.74) is 6.81. The monoisotopic (exact) mass is 816 g/mol. The molecule has 0 spiro atoms. The van der Waals surface area contributed by atoms with E-state index in [4.69, 9.17) is 4.74 Å². The van der Waals surface area contributed by atoms with Gasteiger partial charge in [0.1, 0.15) is 29.4 Å². The standard InChI is InChI=1S/C52H60N6OS/c1-7-11-33-56(34-12-8-2)42-20-24-45(25-21-42)58(46-26-22-43(23-27-46)57(35-13-9-3)36-14-10-4)44-18-15-40(16-19-44)17-28-47-29-30-48(60-47)31-32-50-49(39-55)51(41(37-53)38-54)59-52(50,5)6/h15-32H,7-14,33-36H2,1-6H3/b28-17+,32-31+. The molecule has 5 rings (SSSR count). The molecule has 1 aliphatic heterocycles. The molecule has 7 nitrogen and oxygen atoms in total. The molecular weight excluding hydrogens is 757 g/mol. The van der Waals surface area contributed by atoms with Crippen LogP contribution in [-0.4, -0.2) is 31.8 Å². The predicted octanol–water partition coefficient (Wildman–Crippen LogP) is 14.1. The Hall–Kier alpha value is -6.01. The molecule has 0 bridgehead atoms. The summed E-state index contributed by atoms with van der Waals surface area (Å²) < 4.78 is 5.91. The Labute approximate surface area is 363 Å². The summed E-state index contributed by atoms with van der Waals surface area (Å²) in [7, 11) is 0. The second-order valence-corrected chi connectivity index (χ2v) is 16.8. The Morgan fingerprint density at radius 2 is 0.967 bits per heavy atom. The zero-order chi connectivity index (χ0) is 42.9. The number of hydrogen-bond donors (Lipinski definition) is 0. The van der Waals surface area contributed by atoms with Crippen molar-refractivity contribution in [2.45, 2.75) is 98.5 Å². The molecule has 0 aliphatic carbocycles. The number of nitriles is 3. The fourth-order valence-electron chi connectivity index (χ4n) is 7.32. The number of hydrogen-bond acceptors (Lipinski definition) is 8. The van der Waals surface area contributed by atoms with Gasteiger partial charge in [-0.2, -0.15) is 15.8 Å². The molecule has 60 heavy (non-hydrogen) atoms. The Kier molecular flexibility index (Phi) is 16.8. The summed E-state index contributed by atoms with van der Waals surface area (Å²) in [6.07, 6.45) is 17.6. The lowest BCUT2D eigenvalue weighted by Gasteiger charge is -2.29. The van der Waals surface area contributed by atoms with Crippen LogP contribution in [0.4, 0.5) is 28.4 Å². The fourth-order valence-corrected chi connectivity index (χ4v) is 8.13. The van der Waals surface area contributed by atoms with E-state index in [1.807, 2.05) is 44.2 Å². The normalized spacial score (nSPS) is 13.3. The molecular formula is C52H60N6OS. The van der Waals surface area contributed by atoms with E-state index in [1.54, 1.807) is 11.3 Å². The number of nitrogens with zero attached hydrogens (tertiary/aromatic N) is 6. The van der Waals surface area contributed by atoms with E-state index in [9.17, 15) is 15.8 Å². The maximum Gasteiger partial charge on any atom is 0.172 e. The lowest BCUT2D eigenvalue weighted by Crippen LogP contribution is -2.25. The van der Waals surface area contributed by atoms with Gasteiger partial charge in [-0.1, -0.05) is 77.7 Å². The number of unbranched alkanes of at least 4 members (excludes halogenated alkanes) is 4. The molecule has 4 aromatic rings. The third-order valence-corrected chi connectivity index (χ3v) is 11.8. The number of benzene rings is 3. The van der Waals surface area contributed by atoms with Crippen molar-refractivity contribution in [3.8, 4) is 18.2 Å². The maximum atomic E-state index is 9.89. The van der Waals surface area contributed by atoms with Crippen molar-refractivity contribution in [3.63, 3.8) is 0 Å². The average Bonchev–Trinajstić information content (AvgIpc) is 3.83. The highest BCUT2D eigenvalue weighted by Gasteiger charge is 2.38. The Balaban J connectivity index is 1.40. The van der Waals surface area contributed by atoms with E-state index in [1.165, 1.54) is 62.7 Å². The predicted molar refractivity (Wildman–Crippen MR) is 254 cm³/mol. The summed E-state index contributed by atoms with van der Waals surface area (Å²) in [5, 5.41) is 28.7. The van der Waals surface area contributed by atoms with E-state index < -0.39 is 5.60 Å². The van der Waals surface area contributed by atoms with Crippen LogP contribution in [0.1, 0.15) is 108 Å². The van der Waals surface area contributed by atoms with Gasteiger partial charge in [0.25, 0.3) is 0 Å². The van der Waals surface area contributed by atoms with Crippen LogP contribution < -0.4 is 14.7 Å². The van der Waals surface area contributed by atoms with Gasteiger partial charge >= 0.3 is 0 Å². The molecule has 0 radical (unpaired) electrons. The van der Waals surface area contributed by atoms with Gasteiger partial charge in [-0.3, -0.25) is 0 Å². The topological polar surface area (TPSA) is 90.3 Å². The zero-order valence-electron chi connectivity index (χ0n) is 36.4. The molecule has 3 aromatic carbocycles. The fraction of sp³-hybridized carbons (Fsp3) is 0.365. The Morgan fingerprint density at radius 1 is 0.567 bits per heavy atom. The van der Waals surface area contributed by atoms with Crippen molar-refractivity contribution in [2.24, 2.45) is 0 Å². The van der Waals surface area contributed by atoms with E-state index in [-0.39, 0.29) is 16.9 Å². The van der Waals surface area contributed by atoms with Crippen LogP contribution in [0, 0.1) is 34.0 Å². The summed E-state index contributed by atoms with van der Waals surface area (Å²) in [4.78, 5) is 9.53. The minimum atomic E-state index is -0.849. The molecule has 0 saturated carbocycles. The van der Waals surface area contributed by atoms with Crippen molar-refractivity contribution in [1.82, 2.24) is 0 Å². The van der Waals surface area contributed by atoms with Crippen LogP contribution in [0.3, 0.4) is 0 Å². The molecule has 0 saturated heterocycles. The SMILES string of the molecule is CCCCN(CCCC)c1ccc(N(c2ccc(/C=C/c3ccc(/C=C/C4=C(C#N)C(=C(C#N)C#N)OC4(C)C)s3)cc2)c2ccc(N(CCCC)CCCC)cc2)cc1. The van der Waals surface area contributed by atoms with Crippen molar-refractivity contribution in [2.75, 3.05) is 40.9 Å². The van der Waals surface area contributed by atoms with Crippen molar-refractivity contribution in [3.05, 3.63) is 129 Å². The first kappa shape index (κ1) is 45.1. The van der Waals surface area contributed by atoms with E-state index in [0.717, 1.165) is 58.6 Å². The van der Waals surface area contributed by atoms with Gasteiger partial charge in [-0.25, -0.2) is 0 Å². The van der Waals surface area contributed by atoms with Crippen LogP contribution in [0.5, 0.6) is 0 Å². The third kappa shape index (κ3) is 11.6. The van der Waals surface area contributed by atoms with Gasteiger partial charge in [0, 0.05) is 69.9 Å². The first-order valence-electron chi connectivity index (χ1n) is 21.6. The number of allylic oxidation sites excluding steroid dienone is 2. The van der Waals surface area contributed by atoms with Gasteiger partial charge in [0.15, 0.2) is 11.3 Å². The van der Waals surface area contributed by atoms with Crippen molar-refractivity contribution in [1.29, 1.82) is 15.8 Å². The summed E-state index contributed by atoms with van der Waals surface area (Å²) in [5.74, 6) is 0.0470. The van der Waals surface area contributed by atoms with Crippen molar-refractivity contribution >= 4 is 58.0 Å². The van der Waals surface area contributed by atoms with Crippen LogP contribution in [0.25, 0.3) is 18.2 Å². The molecule has 0 N–H and O–H groups in total. The molecule has 310 valence electrons. The van der Waals surface area contributed by atoms with Gasteiger partial charge in [0.05, 0.1) is 0 Å². The largest absolute Gasteiger partial charge is 0.480 e. The average molecular weight is 817 g/mol. The quantitative estimate of drug-likeness (QED) is 0.0774. The zero-order valence-corrected chi connectivity index (χ0v) is 37.2. The second-order valence-electron chi connectivity index (χ2n) is 15.7. The molecule has 0 atom stereocenters. The molecule has 0 amide bonds. The Bertz CT molecular complexity index is 2160. The molecule has 1 aromatic heterocycles. The lowest BCUT2D eigenvalue weighted by molar-refractivity contribution is 0.0954. The first-order chi connectivity index (χ1) is 29.2.